The van der Waals surface area contributed by atoms with E-state index in [0.717, 1.165) is 6.42 Å². The third kappa shape index (κ3) is 4.34. The first-order valence-corrected chi connectivity index (χ1v) is 4.14. The largest absolute Gasteiger partial charge is 0.379 e. The Balaban J connectivity index is 3.76. The van der Waals surface area contributed by atoms with E-state index in [2.05, 4.69) is 0 Å². The van der Waals surface area contributed by atoms with Gasteiger partial charge in [-0.2, -0.15) is 0 Å². The molecular formula is C9H19NO2. The van der Waals surface area contributed by atoms with Gasteiger partial charge in [0.25, 0.3) is 0 Å². The lowest BCUT2D eigenvalue weighted by Crippen LogP contribution is -2.27. The second kappa shape index (κ2) is 4.45. The quantitative estimate of drug-likeness (QED) is 0.641. The minimum atomic E-state index is -0.189. The molecule has 0 fully saturated rings. The minimum absolute atomic E-state index is 0.153. The van der Waals surface area contributed by atoms with E-state index in [-0.39, 0.29) is 11.5 Å². The molecule has 0 aromatic carbocycles. The van der Waals surface area contributed by atoms with Crippen molar-refractivity contribution in [3.8, 4) is 0 Å². The molecule has 0 unspecified atom stereocenters. The number of carbonyl (C=O) groups is 1. The van der Waals surface area contributed by atoms with Gasteiger partial charge in [0.05, 0.1) is 5.60 Å². The molecule has 3 heteroatoms. The van der Waals surface area contributed by atoms with Gasteiger partial charge in [0, 0.05) is 27.6 Å². The third-order valence-corrected chi connectivity index (χ3v) is 1.99. The summed E-state index contributed by atoms with van der Waals surface area (Å²) >= 11 is 0. The number of amides is 1. The highest BCUT2D eigenvalue weighted by molar-refractivity contribution is 5.75. The Kier molecular flexibility index (Phi) is 4.24. The van der Waals surface area contributed by atoms with Crippen molar-refractivity contribution in [1.82, 2.24) is 4.90 Å². The van der Waals surface area contributed by atoms with Crippen LogP contribution in [0.1, 0.15) is 26.7 Å². The predicted molar refractivity (Wildman–Crippen MR) is 49.0 cm³/mol. The van der Waals surface area contributed by atoms with Crippen LogP contribution in [0.15, 0.2) is 0 Å². The lowest BCUT2D eigenvalue weighted by Gasteiger charge is -2.23. The fraction of sp³-hybridized carbons (Fsp3) is 0.889. The Bertz CT molecular complexity index is 153. The molecule has 0 rings (SSSR count). The van der Waals surface area contributed by atoms with Crippen LogP contribution in [0.5, 0.6) is 0 Å². The molecule has 0 aromatic heterocycles. The van der Waals surface area contributed by atoms with Crippen molar-refractivity contribution < 1.29 is 9.53 Å². The van der Waals surface area contributed by atoms with Gasteiger partial charge < -0.3 is 9.64 Å². The molecule has 0 aromatic rings. The molecule has 1 amide bonds. The Morgan fingerprint density at radius 3 is 2.25 bits per heavy atom. The average molecular weight is 173 g/mol. The van der Waals surface area contributed by atoms with Gasteiger partial charge in [-0.1, -0.05) is 0 Å². The summed E-state index contributed by atoms with van der Waals surface area (Å²) in [6.07, 6.45) is 1.31. The minimum Gasteiger partial charge on any atom is -0.379 e. The summed E-state index contributed by atoms with van der Waals surface area (Å²) in [5.41, 5.74) is -0.189. The normalized spacial score (nSPS) is 11.4. The van der Waals surface area contributed by atoms with Crippen molar-refractivity contribution in [2.45, 2.75) is 32.3 Å². The second-order valence-electron chi connectivity index (χ2n) is 3.75. The van der Waals surface area contributed by atoms with Gasteiger partial charge in [0.15, 0.2) is 0 Å². The first-order valence-electron chi connectivity index (χ1n) is 4.14. The van der Waals surface area contributed by atoms with Crippen LogP contribution in [-0.4, -0.2) is 37.6 Å². The van der Waals surface area contributed by atoms with E-state index in [1.807, 2.05) is 13.8 Å². The number of hydrogen-bond donors (Lipinski definition) is 0. The smallest absolute Gasteiger partial charge is 0.222 e. The zero-order chi connectivity index (χ0) is 9.78. The lowest BCUT2D eigenvalue weighted by molar-refractivity contribution is -0.130. The molecule has 72 valence electrons. The maximum atomic E-state index is 11.2. The van der Waals surface area contributed by atoms with Crippen molar-refractivity contribution in [2.24, 2.45) is 0 Å². The van der Waals surface area contributed by atoms with Crippen LogP contribution < -0.4 is 0 Å². The van der Waals surface area contributed by atoms with Crippen molar-refractivity contribution in [2.75, 3.05) is 21.2 Å². The number of rotatable bonds is 4. The SMILES string of the molecule is COC(C)(C)CCC(=O)N(C)C. The Morgan fingerprint density at radius 2 is 1.92 bits per heavy atom. The fourth-order valence-corrected chi connectivity index (χ4v) is 0.734. The first-order chi connectivity index (χ1) is 5.39. The summed E-state index contributed by atoms with van der Waals surface area (Å²) in [5, 5.41) is 0. The van der Waals surface area contributed by atoms with Crippen molar-refractivity contribution in [3.63, 3.8) is 0 Å². The number of carbonyl (C=O) groups excluding carboxylic acids is 1. The van der Waals surface area contributed by atoms with Gasteiger partial charge in [0.1, 0.15) is 0 Å². The molecule has 0 atom stereocenters. The average Bonchev–Trinajstić information content (AvgIpc) is 2.00. The highest BCUT2D eigenvalue weighted by Crippen LogP contribution is 2.15. The van der Waals surface area contributed by atoms with Crippen molar-refractivity contribution >= 4 is 5.91 Å². The monoisotopic (exact) mass is 173 g/mol. The summed E-state index contributed by atoms with van der Waals surface area (Å²) < 4.78 is 5.20. The molecule has 0 N–H and O–H groups in total. The first kappa shape index (κ1) is 11.4. The second-order valence-corrected chi connectivity index (χ2v) is 3.75. The van der Waals surface area contributed by atoms with E-state index in [4.69, 9.17) is 4.74 Å². The maximum absolute atomic E-state index is 11.2. The molecule has 0 saturated carbocycles. The molecule has 3 nitrogen and oxygen atoms in total. The summed E-state index contributed by atoms with van der Waals surface area (Å²) in [6, 6.07) is 0. The lowest BCUT2D eigenvalue weighted by atomic mass is 10.0. The van der Waals surface area contributed by atoms with Crippen LogP contribution in [0.25, 0.3) is 0 Å². The topological polar surface area (TPSA) is 29.5 Å². The molecule has 0 radical (unpaired) electrons. The van der Waals surface area contributed by atoms with Gasteiger partial charge >= 0.3 is 0 Å². The van der Waals surface area contributed by atoms with E-state index < -0.39 is 0 Å². The molecule has 0 heterocycles. The van der Waals surface area contributed by atoms with Gasteiger partial charge in [-0.05, 0) is 20.3 Å². The van der Waals surface area contributed by atoms with Gasteiger partial charge in [-0.3, -0.25) is 4.79 Å². The Morgan fingerprint density at radius 1 is 1.42 bits per heavy atom. The molecule has 0 spiro atoms. The Hall–Kier alpha value is -0.570. The van der Waals surface area contributed by atoms with Crippen LogP contribution >= 0.6 is 0 Å². The van der Waals surface area contributed by atoms with E-state index in [1.54, 1.807) is 26.1 Å². The maximum Gasteiger partial charge on any atom is 0.222 e. The predicted octanol–water partition coefficient (Wildman–Crippen LogP) is 1.28. The summed E-state index contributed by atoms with van der Waals surface area (Å²) in [7, 11) is 5.20. The van der Waals surface area contributed by atoms with Crippen LogP contribution in [0, 0.1) is 0 Å². The van der Waals surface area contributed by atoms with Crippen molar-refractivity contribution in [3.05, 3.63) is 0 Å². The molecular weight excluding hydrogens is 154 g/mol. The molecule has 12 heavy (non-hydrogen) atoms. The van der Waals surface area contributed by atoms with Crippen LogP contribution in [0.3, 0.4) is 0 Å². The zero-order valence-corrected chi connectivity index (χ0v) is 8.68. The molecule has 0 aliphatic rings. The van der Waals surface area contributed by atoms with Gasteiger partial charge in [0.2, 0.25) is 5.91 Å². The fourth-order valence-electron chi connectivity index (χ4n) is 0.734. The third-order valence-electron chi connectivity index (χ3n) is 1.99. The number of nitrogens with zero attached hydrogens (tertiary/aromatic N) is 1. The van der Waals surface area contributed by atoms with E-state index in [0.29, 0.717) is 6.42 Å². The highest BCUT2D eigenvalue weighted by atomic mass is 16.5. The highest BCUT2D eigenvalue weighted by Gasteiger charge is 2.18. The standard InChI is InChI=1S/C9H19NO2/c1-9(2,12-5)7-6-8(11)10(3)4/h6-7H2,1-5H3. The van der Waals surface area contributed by atoms with E-state index in [1.165, 1.54) is 0 Å². The number of methoxy groups -OCH3 is 1. The zero-order valence-electron chi connectivity index (χ0n) is 8.68. The summed E-state index contributed by atoms with van der Waals surface area (Å²) in [4.78, 5) is 12.8. The molecule has 0 aliphatic carbocycles. The Labute approximate surface area is 74.7 Å². The van der Waals surface area contributed by atoms with Crippen LogP contribution in [-0.2, 0) is 9.53 Å². The van der Waals surface area contributed by atoms with E-state index >= 15 is 0 Å². The van der Waals surface area contributed by atoms with Gasteiger partial charge in [-0.15, -0.1) is 0 Å². The number of ether oxygens (including phenoxy) is 1. The summed E-state index contributed by atoms with van der Waals surface area (Å²) in [6.45, 7) is 3.96. The number of hydrogen-bond acceptors (Lipinski definition) is 2. The van der Waals surface area contributed by atoms with E-state index in [9.17, 15) is 4.79 Å². The molecule has 0 bridgehead atoms. The molecule has 0 aliphatic heterocycles. The van der Waals surface area contributed by atoms with Gasteiger partial charge in [-0.25, -0.2) is 0 Å². The van der Waals surface area contributed by atoms with Crippen LogP contribution in [0.4, 0.5) is 0 Å². The van der Waals surface area contributed by atoms with Crippen molar-refractivity contribution in [1.29, 1.82) is 0 Å². The summed E-state index contributed by atoms with van der Waals surface area (Å²) in [5.74, 6) is 0.153. The molecule has 0 saturated heterocycles. The van der Waals surface area contributed by atoms with Crippen LogP contribution in [0.2, 0.25) is 0 Å².